The van der Waals surface area contributed by atoms with E-state index >= 15 is 0 Å². The second-order valence-corrected chi connectivity index (χ2v) is 6.22. The maximum absolute atomic E-state index is 11.6. The molecule has 1 aliphatic heterocycles. The zero-order chi connectivity index (χ0) is 17.1. The summed E-state index contributed by atoms with van der Waals surface area (Å²) in [6.07, 6.45) is 3.61. The van der Waals surface area contributed by atoms with Crippen LogP contribution in [0.2, 0.25) is 0 Å². The van der Waals surface area contributed by atoms with E-state index in [4.69, 9.17) is 9.94 Å². The number of benzene rings is 1. The topological polar surface area (TPSA) is 74.7 Å². The van der Waals surface area contributed by atoms with Crippen LogP contribution in [0.4, 0.5) is 5.69 Å². The minimum atomic E-state index is -0.546. The molecule has 0 unspecified atom stereocenters. The van der Waals surface area contributed by atoms with Crippen molar-refractivity contribution in [2.24, 2.45) is 5.92 Å². The summed E-state index contributed by atoms with van der Waals surface area (Å²) in [5, 5.41) is 8.80. The number of hydrogen-bond donors (Lipinski definition) is 2. The lowest BCUT2D eigenvalue weighted by Gasteiger charge is -2.33. The van der Waals surface area contributed by atoms with Gasteiger partial charge in [-0.25, -0.2) is 5.48 Å². The number of rotatable bonds is 3. The van der Waals surface area contributed by atoms with Crippen LogP contribution in [0, 0.1) is 5.92 Å². The minimum absolute atomic E-state index is 0. The highest BCUT2D eigenvalue weighted by Gasteiger charge is 2.28. The Morgan fingerprint density at radius 1 is 1.40 bits per heavy atom. The Balaban J connectivity index is 0.00000225. The molecule has 1 aromatic carbocycles. The summed E-state index contributed by atoms with van der Waals surface area (Å²) >= 11 is 0. The van der Waals surface area contributed by atoms with Crippen molar-refractivity contribution in [1.29, 1.82) is 0 Å². The molecule has 0 bridgehead atoms. The van der Waals surface area contributed by atoms with Crippen molar-refractivity contribution in [2.45, 2.75) is 26.4 Å². The maximum Gasteiger partial charge on any atom is 0.274 e. The van der Waals surface area contributed by atoms with Gasteiger partial charge < -0.3 is 9.64 Å². The highest BCUT2D eigenvalue weighted by Crippen LogP contribution is 2.31. The van der Waals surface area contributed by atoms with Crippen LogP contribution in [0.5, 0.6) is 5.75 Å². The number of nitrogens with one attached hydrogen (secondary N) is 1. The molecule has 1 atom stereocenters. The molecule has 0 aliphatic carbocycles. The Morgan fingerprint density at radius 2 is 2.20 bits per heavy atom. The Morgan fingerprint density at radius 3 is 2.84 bits per heavy atom. The van der Waals surface area contributed by atoms with E-state index < -0.39 is 5.91 Å². The normalized spacial score (nSPS) is 16.3. The number of hydrogen-bond acceptors (Lipinski definition) is 5. The van der Waals surface area contributed by atoms with Crippen molar-refractivity contribution in [3.05, 3.63) is 53.9 Å². The van der Waals surface area contributed by atoms with E-state index in [9.17, 15) is 4.79 Å². The van der Waals surface area contributed by atoms with E-state index in [1.165, 1.54) is 0 Å². The van der Waals surface area contributed by atoms with Crippen LogP contribution >= 0.6 is 13.5 Å². The van der Waals surface area contributed by atoms with E-state index in [-0.39, 0.29) is 19.5 Å². The summed E-state index contributed by atoms with van der Waals surface area (Å²) in [5.41, 5.74) is 4.06. The first kappa shape index (κ1) is 19.1. The molecule has 2 aromatic rings. The molecule has 0 radical (unpaired) electrons. The number of carbonyl (C=O) groups excluding carboxylic acids is 1. The third-order valence-electron chi connectivity index (χ3n) is 4.33. The van der Waals surface area contributed by atoms with E-state index in [0.717, 1.165) is 11.3 Å². The van der Waals surface area contributed by atoms with Crippen molar-refractivity contribution < 1.29 is 14.7 Å². The predicted octanol–water partition coefficient (Wildman–Crippen LogP) is 2.74. The van der Waals surface area contributed by atoms with Crippen LogP contribution < -0.4 is 15.1 Å². The van der Waals surface area contributed by atoms with Gasteiger partial charge in [0, 0.05) is 23.9 Å². The quantitative estimate of drug-likeness (QED) is 0.649. The van der Waals surface area contributed by atoms with Gasteiger partial charge in [-0.1, -0.05) is 19.9 Å². The van der Waals surface area contributed by atoms with Crippen LogP contribution in [0.1, 0.15) is 29.8 Å². The number of fused-ring (bicyclic) bond motifs is 1. The smallest absolute Gasteiger partial charge is 0.274 e. The number of carbonyl (C=O) groups is 1. The van der Waals surface area contributed by atoms with Crippen molar-refractivity contribution in [3.63, 3.8) is 0 Å². The van der Waals surface area contributed by atoms with E-state index in [1.807, 2.05) is 24.4 Å². The third kappa shape index (κ3) is 4.05. The number of nitrogens with zero attached hydrogens (tertiary/aromatic N) is 2. The summed E-state index contributed by atoms with van der Waals surface area (Å²) in [6, 6.07) is 9.38. The van der Waals surface area contributed by atoms with Gasteiger partial charge in [0.1, 0.15) is 12.4 Å². The largest absolute Gasteiger partial charge is 0.491 e. The Hall–Kier alpha value is -2.25. The summed E-state index contributed by atoms with van der Waals surface area (Å²) in [7, 11) is 0. The van der Waals surface area contributed by atoms with Crippen LogP contribution in [0.15, 0.2) is 42.7 Å². The molecule has 7 heteroatoms. The number of aromatic nitrogens is 1. The molecule has 1 amide bonds. The van der Waals surface area contributed by atoms with Gasteiger partial charge in [-0.15, -0.1) is 0 Å². The van der Waals surface area contributed by atoms with Gasteiger partial charge in [0.15, 0.2) is 0 Å². The first-order valence-electron chi connectivity index (χ1n) is 7.97. The fourth-order valence-corrected chi connectivity index (χ4v) is 2.95. The van der Waals surface area contributed by atoms with Crippen molar-refractivity contribution >= 4 is 25.1 Å². The van der Waals surface area contributed by atoms with Crippen LogP contribution in [-0.2, 0) is 6.54 Å². The molecule has 2 heterocycles. The van der Waals surface area contributed by atoms with Crippen molar-refractivity contribution in [2.75, 3.05) is 11.5 Å². The van der Waals surface area contributed by atoms with Gasteiger partial charge >= 0.3 is 0 Å². The third-order valence-corrected chi connectivity index (χ3v) is 4.33. The minimum Gasteiger partial charge on any atom is -0.491 e. The monoisotopic (exact) mass is 361 g/mol. The molecule has 1 aromatic heterocycles. The molecule has 3 rings (SSSR count). The van der Waals surface area contributed by atoms with Crippen LogP contribution in [0.25, 0.3) is 0 Å². The lowest BCUT2D eigenvalue weighted by Crippen LogP contribution is -2.41. The number of hydroxylamine groups is 1. The lowest BCUT2D eigenvalue weighted by molar-refractivity contribution is 0.0706. The van der Waals surface area contributed by atoms with Gasteiger partial charge in [-0.3, -0.25) is 15.0 Å². The molecule has 1 aliphatic rings. The van der Waals surface area contributed by atoms with Crippen molar-refractivity contribution in [3.8, 4) is 5.75 Å². The van der Waals surface area contributed by atoms with Gasteiger partial charge in [0.25, 0.3) is 5.91 Å². The van der Waals surface area contributed by atoms with Gasteiger partial charge in [-0.05, 0) is 30.2 Å². The summed E-state index contributed by atoms with van der Waals surface area (Å²) in [6.45, 7) is 5.52. The highest BCUT2D eigenvalue weighted by molar-refractivity contribution is 7.59. The van der Waals surface area contributed by atoms with Crippen molar-refractivity contribution in [1.82, 2.24) is 10.5 Å². The van der Waals surface area contributed by atoms with E-state index in [1.54, 1.807) is 23.8 Å². The molecule has 0 spiro atoms. The van der Waals surface area contributed by atoms with E-state index in [0.29, 0.717) is 30.4 Å². The second-order valence-electron chi connectivity index (χ2n) is 6.22. The summed E-state index contributed by atoms with van der Waals surface area (Å²) in [5.74, 6) is 0.517. The average molecular weight is 361 g/mol. The fraction of sp³-hybridized carbons (Fsp3) is 0.333. The molecular formula is C18H23N3O3S. The zero-order valence-corrected chi connectivity index (χ0v) is 15.3. The SMILES string of the molecule is CC(C)[C@H]1COc2cc(C(=O)NO)ccc2CN1c1cccnc1.S. The number of ether oxygens (including phenoxy) is 1. The number of pyridine rings is 1. The molecule has 134 valence electrons. The van der Waals surface area contributed by atoms with E-state index in [2.05, 4.69) is 23.7 Å². The average Bonchev–Trinajstić information content (AvgIpc) is 2.80. The van der Waals surface area contributed by atoms with Gasteiger partial charge in [0.2, 0.25) is 0 Å². The zero-order valence-electron chi connectivity index (χ0n) is 14.3. The number of anilines is 1. The summed E-state index contributed by atoms with van der Waals surface area (Å²) in [4.78, 5) is 18.1. The number of amides is 1. The fourth-order valence-electron chi connectivity index (χ4n) is 2.95. The van der Waals surface area contributed by atoms with Crippen LogP contribution in [0.3, 0.4) is 0 Å². The molecule has 0 fully saturated rings. The van der Waals surface area contributed by atoms with Gasteiger partial charge in [0.05, 0.1) is 17.9 Å². The Labute approximate surface area is 154 Å². The molecule has 0 saturated carbocycles. The van der Waals surface area contributed by atoms with Gasteiger partial charge in [-0.2, -0.15) is 13.5 Å². The Kier molecular flexibility index (Phi) is 6.27. The maximum atomic E-state index is 11.6. The Bertz CT molecular complexity index is 725. The molecule has 2 N–H and O–H groups in total. The first-order valence-corrected chi connectivity index (χ1v) is 7.97. The summed E-state index contributed by atoms with van der Waals surface area (Å²) < 4.78 is 5.99. The first-order chi connectivity index (χ1) is 11.6. The highest BCUT2D eigenvalue weighted by atomic mass is 32.1. The predicted molar refractivity (Wildman–Crippen MR) is 101 cm³/mol. The molecule has 6 nitrogen and oxygen atoms in total. The molecule has 25 heavy (non-hydrogen) atoms. The standard InChI is InChI=1S/C18H21N3O3.H2S/c1-12(2)16-11-24-17-8-13(18(22)20-23)5-6-14(17)10-21(16)15-4-3-7-19-9-15;/h3-9,12,16,23H,10-11H2,1-2H3,(H,20,22);1H2/t16-;/m1./s1. The molecular weight excluding hydrogens is 338 g/mol. The lowest BCUT2D eigenvalue weighted by atomic mass is 10.0. The molecule has 0 saturated heterocycles. The second kappa shape index (κ2) is 8.22. The van der Waals surface area contributed by atoms with Crippen LogP contribution in [-0.4, -0.2) is 28.7 Å².